The van der Waals surface area contributed by atoms with Crippen molar-refractivity contribution >= 4 is 21.8 Å². The summed E-state index contributed by atoms with van der Waals surface area (Å²) in [5.74, 6) is -1.48. The van der Waals surface area contributed by atoms with E-state index >= 15 is 0 Å². The maximum absolute atomic E-state index is 13.1. The predicted octanol–water partition coefficient (Wildman–Crippen LogP) is 4.39. The molecule has 3 aromatic rings. The quantitative estimate of drug-likeness (QED) is 0.325. The fraction of sp³-hybridized carbons (Fsp3) is 0.200. The van der Waals surface area contributed by atoms with E-state index < -0.39 is 27.9 Å². The van der Waals surface area contributed by atoms with E-state index in [0.29, 0.717) is 11.1 Å². The van der Waals surface area contributed by atoms with E-state index in [4.69, 9.17) is 4.74 Å². The van der Waals surface area contributed by atoms with Gasteiger partial charge in [-0.3, -0.25) is 9.59 Å². The number of carbonyl (C=O) groups excluding carboxylic acids is 2. The van der Waals surface area contributed by atoms with Gasteiger partial charge in [-0.05, 0) is 30.7 Å². The number of sulfonamides is 1. The first-order valence-corrected chi connectivity index (χ1v) is 11.8. The summed E-state index contributed by atoms with van der Waals surface area (Å²) < 4.78 is 44.8. The van der Waals surface area contributed by atoms with Crippen LogP contribution in [0.5, 0.6) is 0 Å². The predicted molar refractivity (Wildman–Crippen MR) is 121 cm³/mol. The van der Waals surface area contributed by atoms with Gasteiger partial charge in [0.25, 0.3) is 0 Å². The lowest BCUT2D eigenvalue weighted by Crippen LogP contribution is -2.28. The van der Waals surface area contributed by atoms with Crippen molar-refractivity contribution in [1.82, 2.24) is 4.31 Å². The number of hydrogen-bond acceptors (Lipinski definition) is 5. The smallest absolute Gasteiger partial charge is 0.306 e. The highest BCUT2D eigenvalue weighted by Crippen LogP contribution is 2.23. The van der Waals surface area contributed by atoms with Crippen LogP contribution in [0.4, 0.5) is 4.39 Å². The number of esters is 1. The van der Waals surface area contributed by atoms with Crippen LogP contribution in [0.2, 0.25) is 0 Å². The Balaban J connectivity index is 1.62. The molecule has 6 nitrogen and oxygen atoms in total. The van der Waals surface area contributed by atoms with E-state index in [1.54, 1.807) is 60.7 Å². The van der Waals surface area contributed by atoms with Gasteiger partial charge in [0, 0.05) is 31.1 Å². The number of carbonyl (C=O) groups is 2. The van der Waals surface area contributed by atoms with Crippen LogP contribution >= 0.6 is 0 Å². The summed E-state index contributed by atoms with van der Waals surface area (Å²) in [6, 6.07) is 21.8. The van der Waals surface area contributed by atoms with Gasteiger partial charge in [0.15, 0.2) is 6.10 Å². The standard InChI is InChI=1S/C25H24FNO5S/c1-27(33(30,31)22-16-14-21(26)15-17-22)18-8-13-23(28)32-25(20-11-6-3-7-12-20)24(29)19-9-4-2-5-10-19/h2-7,9-12,14-17,25H,8,13,18H2,1H3. The average Bonchev–Trinajstić information content (AvgIpc) is 2.83. The molecule has 0 saturated carbocycles. The molecule has 0 aromatic heterocycles. The van der Waals surface area contributed by atoms with E-state index in [1.807, 2.05) is 0 Å². The second kappa shape index (κ2) is 11.0. The first kappa shape index (κ1) is 24.3. The van der Waals surface area contributed by atoms with Crippen LogP contribution in [0.3, 0.4) is 0 Å². The molecule has 3 aromatic carbocycles. The fourth-order valence-corrected chi connectivity index (χ4v) is 4.41. The number of nitrogens with zero attached hydrogens (tertiary/aromatic N) is 1. The largest absolute Gasteiger partial charge is 0.449 e. The van der Waals surface area contributed by atoms with Crippen LogP contribution in [-0.4, -0.2) is 38.1 Å². The Morgan fingerprint density at radius 1 is 0.909 bits per heavy atom. The lowest BCUT2D eigenvalue weighted by atomic mass is 10.00. The normalized spacial score (nSPS) is 12.3. The van der Waals surface area contributed by atoms with Gasteiger partial charge in [0.2, 0.25) is 15.8 Å². The molecule has 33 heavy (non-hydrogen) atoms. The molecular weight excluding hydrogens is 445 g/mol. The third-order valence-electron chi connectivity index (χ3n) is 5.02. The number of hydrogen-bond donors (Lipinski definition) is 0. The molecular formula is C25H24FNO5S. The summed E-state index contributed by atoms with van der Waals surface area (Å²) in [5, 5.41) is 0. The molecule has 0 spiro atoms. The Labute approximate surface area is 192 Å². The Morgan fingerprint density at radius 3 is 2.09 bits per heavy atom. The van der Waals surface area contributed by atoms with Crippen LogP contribution < -0.4 is 0 Å². The van der Waals surface area contributed by atoms with Crippen LogP contribution in [0.25, 0.3) is 0 Å². The minimum Gasteiger partial charge on any atom is -0.449 e. The van der Waals surface area contributed by atoms with Gasteiger partial charge in [-0.25, -0.2) is 17.1 Å². The number of ketones is 1. The molecule has 0 radical (unpaired) electrons. The van der Waals surface area contributed by atoms with Crippen molar-refractivity contribution in [2.75, 3.05) is 13.6 Å². The van der Waals surface area contributed by atoms with Crippen molar-refractivity contribution in [2.24, 2.45) is 0 Å². The molecule has 0 saturated heterocycles. The summed E-state index contributed by atoms with van der Waals surface area (Å²) in [6.07, 6.45) is -0.979. The van der Waals surface area contributed by atoms with E-state index in [9.17, 15) is 22.4 Å². The van der Waals surface area contributed by atoms with Crippen molar-refractivity contribution in [2.45, 2.75) is 23.8 Å². The lowest BCUT2D eigenvalue weighted by Gasteiger charge is -2.19. The maximum atomic E-state index is 13.1. The second-order valence-corrected chi connectivity index (χ2v) is 9.44. The van der Waals surface area contributed by atoms with Crippen LogP contribution in [0, 0.1) is 5.82 Å². The molecule has 1 atom stereocenters. The average molecular weight is 470 g/mol. The number of halogens is 1. The number of Topliss-reactive ketones (excluding diaryl/α,β-unsaturated/α-hetero) is 1. The maximum Gasteiger partial charge on any atom is 0.306 e. The first-order valence-electron chi connectivity index (χ1n) is 10.3. The molecule has 0 N–H and O–H groups in total. The van der Waals surface area contributed by atoms with Crippen molar-refractivity contribution in [3.05, 3.63) is 102 Å². The highest BCUT2D eigenvalue weighted by molar-refractivity contribution is 7.89. The molecule has 0 aliphatic rings. The van der Waals surface area contributed by atoms with Crippen molar-refractivity contribution in [3.63, 3.8) is 0 Å². The monoisotopic (exact) mass is 469 g/mol. The van der Waals surface area contributed by atoms with Gasteiger partial charge in [-0.1, -0.05) is 60.7 Å². The van der Waals surface area contributed by atoms with Gasteiger partial charge in [-0.15, -0.1) is 0 Å². The molecule has 0 aliphatic carbocycles. The highest BCUT2D eigenvalue weighted by atomic mass is 32.2. The van der Waals surface area contributed by atoms with Gasteiger partial charge >= 0.3 is 5.97 Å². The minimum atomic E-state index is -3.81. The molecule has 0 fully saturated rings. The first-order chi connectivity index (χ1) is 15.8. The summed E-state index contributed by atoms with van der Waals surface area (Å²) >= 11 is 0. The highest BCUT2D eigenvalue weighted by Gasteiger charge is 2.26. The van der Waals surface area contributed by atoms with Crippen molar-refractivity contribution < 1.29 is 27.1 Å². The minimum absolute atomic E-state index is 0.0356. The molecule has 0 heterocycles. The summed E-state index contributed by atoms with van der Waals surface area (Å²) in [6.45, 7) is 0.0530. The van der Waals surface area contributed by atoms with E-state index in [-0.39, 0.29) is 30.1 Å². The fourth-order valence-electron chi connectivity index (χ4n) is 3.20. The van der Waals surface area contributed by atoms with Gasteiger partial charge < -0.3 is 4.74 Å². The van der Waals surface area contributed by atoms with Gasteiger partial charge in [-0.2, -0.15) is 0 Å². The summed E-state index contributed by atoms with van der Waals surface area (Å²) in [4.78, 5) is 25.5. The zero-order valence-electron chi connectivity index (χ0n) is 18.1. The number of rotatable bonds is 10. The third-order valence-corrected chi connectivity index (χ3v) is 6.89. The number of ether oxygens (including phenoxy) is 1. The van der Waals surface area contributed by atoms with Crippen LogP contribution in [0.15, 0.2) is 89.8 Å². The van der Waals surface area contributed by atoms with Crippen LogP contribution in [0.1, 0.15) is 34.9 Å². The lowest BCUT2D eigenvalue weighted by molar-refractivity contribution is -0.147. The molecule has 0 bridgehead atoms. The van der Waals surface area contributed by atoms with Gasteiger partial charge in [0.05, 0.1) is 4.90 Å². The molecule has 172 valence electrons. The van der Waals surface area contributed by atoms with Crippen molar-refractivity contribution in [3.8, 4) is 0 Å². The van der Waals surface area contributed by atoms with E-state index in [2.05, 4.69) is 0 Å². The van der Waals surface area contributed by atoms with E-state index in [0.717, 1.165) is 16.4 Å². The molecule has 0 amide bonds. The Kier molecular flexibility index (Phi) is 8.08. The summed E-state index contributed by atoms with van der Waals surface area (Å²) in [7, 11) is -2.42. The topological polar surface area (TPSA) is 80.8 Å². The van der Waals surface area contributed by atoms with Crippen LogP contribution in [-0.2, 0) is 19.6 Å². The Morgan fingerprint density at radius 2 is 1.48 bits per heavy atom. The Hall–Kier alpha value is -3.36. The van der Waals surface area contributed by atoms with Gasteiger partial charge in [0.1, 0.15) is 5.82 Å². The summed E-state index contributed by atoms with van der Waals surface area (Å²) in [5.41, 5.74) is 0.972. The zero-order valence-corrected chi connectivity index (χ0v) is 18.9. The van der Waals surface area contributed by atoms with E-state index in [1.165, 1.54) is 19.2 Å². The Bertz CT molecular complexity index is 1180. The van der Waals surface area contributed by atoms with Crippen molar-refractivity contribution in [1.29, 1.82) is 0 Å². The molecule has 8 heteroatoms. The molecule has 1 unspecified atom stereocenters. The SMILES string of the molecule is CN(CCCC(=O)OC(C(=O)c1ccccc1)c1ccccc1)S(=O)(=O)c1ccc(F)cc1. The number of benzene rings is 3. The zero-order chi connectivity index (χ0) is 23.8. The molecule has 0 aliphatic heterocycles. The third kappa shape index (κ3) is 6.34. The second-order valence-electron chi connectivity index (χ2n) is 7.39. The molecule has 3 rings (SSSR count).